The third-order valence-corrected chi connectivity index (χ3v) is 11.6. The molecule has 1 fully saturated rings. The molecule has 0 spiro atoms. The third-order valence-electron chi connectivity index (χ3n) is 6.00. The molecule has 6 nitrogen and oxygen atoms in total. The van der Waals surface area contributed by atoms with Crippen LogP contribution in [0, 0.1) is 5.82 Å². The summed E-state index contributed by atoms with van der Waals surface area (Å²) in [6.45, 7) is 13.3. The zero-order valence-electron chi connectivity index (χ0n) is 18.8. The maximum absolute atomic E-state index is 14.8. The number of hydrogen-bond acceptors (Lipinski definition) is 7. The predicted molar refractivity (Wildman–Crippen MR) is 129 cm³/mol. The Balaban J connectivity index is 2.08. The highest BCUT2D eigenvalue weighted by molar-refractivity contribution is 7.98. The first-order valence-corrected chi connectivity index (χ1v) is 15.1. The second kappa shape index (κ2) is 9.65. The van der Waals surface area contributed by atoms with Gasteiger partial charge in [0.25, 0.3) is 0 Å². The van der Waals surface area contributed by atoms with Crippen LogP contribution in [0.3, 0.4) is 0 Å². The van der Waals surface area contributed by atoms with Gasteiger partial charge in [-0.1, -0.05) is 55.7 Å². The van der Waals surface area contributed by atoms with E-state index in [1.54, 1.807) is 0 Å². The molecule has 2 aromatic rings. The summed E-state index contributed by atoms with van der Waals surface area (Å²) in [6.07, 6.45) is 2.65. The minimum Gasteiger partial charge on any atom is -0.415 e. The highest BCUT2D eigenvalue weighted by Gasteiger charge is 2.38. The molecule has 1 aliphatic heterocycles. The second-order valence-electron chi connectivity index (χ2n) is 9.11. The smallest absolute Gasteiger partial charge is 0.192 e. The molecule has 1 saturated heterocycles. The van der Waals surface area contributed by atoms with Crippen molar-refractivity contribution in [3.8, 4) is 0 Å². The van der Waals surface area contributed by atoms with Crippen molar-refractivity contribution in [1.82, 2.24) is 15.0 Å². The molecule has 11 heteroatoms. The largest absolute Gasteiger partial charge is 0.415 e. The summed E-state index contributed by atoms with van der Waals surface area (Å²) in [4.78, 5) is 15.1. The number of rotatable bonds is 5. The molecule has 0 N–H and O–H groups in total. The van der Waals surface area contributed by atoms with E-state index in [1.165, 1.54) is 11.8 Å². The van der Waals surface area contributed by atoms with Crippen LogP contribution >= 0.6 is 35.0 Å². The van der Waals surface area contributed by atoms with Gasteiger partial charge in [0, 0.05) is 13.2 Å². The number of anilines is 1. The van der Waals surface area contributed by atoms with E-state index in [0.29, 0.717) is 42.7 Å². The lowest BCUT2D eigenvalue weighted by atomic mass is 10.2. The van der Waals surface area contributed by atoms with Gasteiger partial charge in [-0.15, -0.1) is 0 Å². The van der Waals surface area contributed by atoms with Crippen LogP contribution in [0.2, 0.25) is 28.4 Å². The fraction of sp³-hybridized carbons (Fsp3) is 0.650. The monoisotopic (exact) mass is 506 g/mol. The average Bonchev–Trinajstić information content (AvgIpc) is 2.94. The molecule has 0 aromatic carbocycles. The minimum atomic E-state index is -1.97. The van der Waals surface area contributed by atoms with E-state index in [2.05, 4.69) is 48.7 Å². The number of fused-ring (bicyclic) bond motifs is 1. The highest BCUT2D eigenvalue weighted by atomic mass is 35.5. The van der Waals surface area contributed by atoms with E-state index in [9.17, 15) is 4.39 Å². The lowest BCUT2D eigenvalue weighted by molar-refractivity contribution is 0.116. The number of aromatic nitrogens is 3. The lowest BCUT2D eigenvalue weighted by Crippen LogP contribution is -2.48. The summed E-state index contributed by atoms with van der Waals surface area (Å²) in [5, 5.41) is 0.670. The predicted octanol–water partition coefficient (Wildman–Crippen LogP) is 5.81. The van der Waals surface area contributed by atoms with Gasteiger partial charge in [-0.05, 0) is 30.8 Å². The van der Waals surface area contributed by atoms with Crippen molar-refractivity contribution in [3.63, 3.8) is 0 Å². The van der Waals surface area contributed by atoms with Crippen LogP contribution < -0.4 is 4.90 Å². The molecule has 0 amide bonds. The van der Waals surface area contributed by atoms with Gasteiger partial charge in [-0.3, -0.25) is 0 Å². The normalized spacial score (nSPS) is 18.5. The Morgan fingerprint density at radius 1 is 1.23 bits per heavy atom. The molecule has 3 heterocycles. The number of ether oxygens (including phenoxy) is 1. The van der Waals surface area contributed by atoms with Gasteiger partial charge < -0.3 is 14.1 Å². The zero-order valence-corrected chi connectivity index (χ0v) is 22.1. The minimum absolute atomic E-state index is 0.0774. The van der Waals surface area contributed by atoms with E-state index in [-0.39, 0.29) is 26.9 Å². The summed E-state index contributed by atoms with van der Waals surface area (Å²) in [6, 6.07) is -0.0979. The molecular weight excluding hydrogens is 478 g/mol. The number of thioether (sulfide) groups is 1. The van der Waals surface area contributed by atoms with Crippen molar-refractivity contribution in [1.29, 1.82) is 0 Å². The molecule has 1 atom stereocenters. The van der Waals surface area contributed by atoms with E-state index >= 15 is 0 Å². The first-order valence-electron chi connectivity index (χ1n) is 10.2. The average molecular weight is 508 g/mol. The number of nitrogens with zero attached hydrogens (tertiary/aromatic N) is 4. The van der Waals surface area contributed by atoms with Crippen molar-refractivity contribution in [2.45, 2.75) is 56.5 Å². The number of hydrogen-bond donors (Lipinski definition) is 0. The van der Waals surface area contributed by atoms with Gasteiger partial charge in [0.2, 0.25) is 0 Å². The van der Waals surface area contributed by atoms with E-state index in [4.69, 9.17) is 37.3 Å². The molecule has 2 aromatic heterocycles. The Morgan fingerprint density at radius 2 is 1.94 bits per heavy atom. The van der Waals surface area contributed by atoms with Crippen molar-refractivity contribution in [2.24, 2.45) is 0 Å². The summed E-state index contributed by atoms with van der Waals surface area (Å²) < 4.78 is 27.2. The van der Waals surface area contributed by atoms with Crippen LogP contribution in [0.5, 0.6) is 0 Å². The van der Waals surface area contributed by atoms with Crippen LogP contribution in [-0.4, -0.2) is 61.9 Å². The molecular formula is C20H29Cl2FN4O2SSi. The van der Waals surface area contributed by atoms with Crippen molar-refractivity contribution < 1.29 is 13.6 Å². The molecule has 172 valence electrons. The van der Waals surface area contributed by atoms with Gasteiger partial charge in [0.15, 0.2) is 24.4 Å². The summed E-state index contributed by atoms with van der Waals surface area (Å²) in [5.41, 5.74) is 0.0774. The van der Waals surface area contributed by atoms with Gasteiger partial charge in [0.05, 0.1) is 24.6 Å². The Bertz CT molecular complexity index is 961. The van der Waals surface area contributed by atoms with Gasteiger partial charge in [-0.25, -0.2) is 19.3 Å². The highest BCUT2D eigenvalue weighted by Crippen LogP contribution is 2.38. The van der Waals surface area contributed by atoms with E-state index in [0.717, 1.165) is 6.42 Å². The molecule has 0 aliphatic carbocycles. The van der Waals surface area contributed by atoms with Crippen LogP contribution in [0.4, 0.5) is 10.2 Å². The Hall–Kier alpha value is -0.713. The molecule has 31 heavy (non-hydrogen) atoms. The fourth-order valence-corrected chi connectivity index (χ4v) is 5.01. The Morgan fingerprint density at radius 3 is 2.58 bits per heavy atom. The fourth-order valence-electron chi connectivity index (χ4n) is 3.13. The zero-order chi connectivity index (χ0) is 23.0. The van der Waals surface area contributed by atoms with Crippen molar-refractivity contribution in [3.05, 3.63) is 16.1 Å². The number of halogens is 3. The van der Waals surface area contributed by atoms with Gasteiger partial charge in [0.1, 0.15) is 16.5 Å². The van der Waals surface area contributed by atoms with Gasteiger partial charge >= 0.3 is 0 Å². The first-order chi connectivity index (χ1) is 14.5. The topological polar surface area (TPSA) is 60.4 Å². The summed E-state index contributed by atoms with van der Waals surface area (Å²) in [5.74, 6) is -0.156. The molecule has 0 bridgehead atoms. The molecule has 0 unspecified atom stereocenters. The molecule has 0 radical (unpaired) electrons. The standard InChI is InChI=1S/C20H29Cl2FN4O2SSi/c1-20(2,3)31(5,6)29-11-12-10-28-9-7-8-27(12)18-13-15(24-19(26-18)30-4)14(23)17(22)25-16(13)21/h12H,7-11H2,1-6H3/t12-/m0/s1. The Labute approximate surface area is 198 Å². The molecule has 3 rings (SSSR count). The maximum atomic E-state index is 14.8. The van der Waals surface area contributed by atoms with Gasteiger partial charge in [-0.2, -0.15) is 0 Å². The quantitative estimate of drug-likeness (QED) is 0.219. The summed E-state index contributed by atoms with van der Waals surface area (Å²) in [7, 11) is -1.97. The second-order valence-corrected chi connectivity index (χ2v) is 15.4. The van der Waals surface area contributed by atoms with E-state index < -0.39 is 14.1 Å². The summed E-state index contributed by atoms with van der Waals surface area (Å²) >= 11 is 13.7. The van der Waals surface area contributed by atoms with Crippen LogP contribution in [-0.2, 0) is 9.16 Å². The lowest BCUT2D eigenvalue weighted by Gasteiger charge is -2.39. The van der Waals surface area contributed by atoms with Crippen LogP contribution in [0.25, 0.3) is 10.9 Å². The maximum Gasteiger partial charge on any atom is 0.192 e. The van der Waals surface area contributed by atoms with Crippen LogP contribution in [0.15, 0.2) is 5.16 Å². The van der Waals surface area contributed by atoms with Crippen molar-refractivity contribution in [2.75, 3.05) is 37.5 Å². The van der Waals surface area contributed by atoms with Crippen LogP contribution in [0.1, 0.15) is 27.2 Å². The number of pyridine rings is 1. The molecule has 1 aliphatic rings. The SMILES string of the molecule is CSc1nc(N2CCCOC[C@H]2CO[Si](C)(C)C(C)(C)C)c2c(Cl)nc(Cl)c(F)c2n1. The van der Waals surface area contributed by atoms with Crippen molar-refractivity contribution >= 4 is 60.0 Å². The molecule has 0 saturated carbocycles. The Kier molecular flexibility index (Phi) is 7.75. The third kappa shape index (κ3) is 5.28. The first kappa shape index (κ1) is 24.9. The van der Waals surface area contributed by atoms with E-state index in [1.807, 2.05) is 6.26 Å².